The molecule has 0 saturated carbocycles. The topological polar surface area (TPSA) is 258 Å². The molecule has 0 aromatic carbocycles. The van der Waals surface area contributed by atoms with Gasteiger partial charge >= 0.3 is 5.97 Å². The molecular weight excluding hydrogens is 952 g/mol. The number of carbonyl (C=O) groups excluding carboxylic acids is 1. The number of aromatic carboxylic acids is 1. The number of nitrogens with one attached hydrogen (secondary N) is 1. The van der Waals surface area contributed by atoms with Gasteiger partial charge in [-0.15, -0.1) is 0 Å². The molecule has 0 aliphatic heterocycles. The second kappa shape index (κ2) is 19.0. The van der Waals surface area contributed by atoms with Crippen molar-refractivity contribution in [3.05, 3.63) is 94.0 Å². The molecular formula is C40H56Cl2N12O7S2Si2. The lowest BCUT2D eigenvalue weighted by atomic mass is 10.2. The molecule has 19 nitrogen and oxygen atoms in total. The highest BCUT2D eigenvalue weighted by Crippen LogP contribution is 2.36. The first-order chi connectivity index (χ1) is 29.6. The van der Waals surface area contributed by atoms with E-state index >= 15 is 0 Å². The average molecular weight is 1010 g/mol. The number of nitrogens with zero attached hydrogens (tertiary/aromatic N) is 10. The van der Waals surface area contributed by atoms with E-state index in [9.17, 15) is 26.4 Å². The van der Waals surface area contributed by atoms with Crippen LogP contribution in [0.25, 0.3) is 11.6 Å². The Hall–Kier alpha value is -5.05. The van der Waals surface area contributed by atoms with E-state index < -0.39 is 48.1 Å². The smallest absolute Gasteiger partial charge is 0.338 e. The van der Waals surface area contributed by atoms with Gasteiger partial charge in [-0.1, -0.05) is 90.9 Å². The Labute approximate surface area is 391 Å². The third kappa shape index (κ3) is 12.1. The number of carboxylic acids is 1. The zero-order valence-corrected chi connectivity index (χ0v) is 43.9. The van der Waals surface area contributed by atoms with Gasteiger partial charge in [0.1, 0.15) is 36.2 Å². The summed E-state index contributed by atoms with van der Waals surface area (Å²) in [4.78, 5) is 32.0. The van der Waals surface area contributed by atoms with Crippen LogP contribution in [0.5, 0.6) is 0 Å². The first-order valence-corrected chi connectivity index (χ1v) is 29.7. The quantitative estimate of drug-likeness (QED) is 0.119. The summed E-state index contributed by atoms with van der Waals surface area (Å²) in [7, 11) is -8.01. The van der Waals surface area contributed by atoms with Gasteiger partial charge < -0.3 is 5.11 Å². The molecule has 4 N–H and O–H groups in total. The summed E-state index contributed by atoms with van der Waals surface area (Å²) in [6, 6.07) is 10.1. The van der Waals surface area contributed by atoms with Crippen molar-refractivity contribution in [3.8, 4) is 11.6 Å². The van der Waals surface area contributed by atoms with Gasteiger partial charge in [0.2, 0.25) is 10.0 Å². The van der Waals surface area contributed by atoms with E-state index in [-0.39, 0.29) is 47.0 Å². The highest BCUT2D eigenvalue weighted by Gasteiger charge is 2.40. The van der Waals surface area contributed by atoms with Crippen LogP contribution in [-0.4, -0.2) is 99.1 Å². The predicted molar refractivity (Wildman–Crippen MR) is 255 cm³/mol. The van der Waals surface area contributed by atoms with Gasteiger partial charge in [-0.3, -0.25) is 14.2 Å². The number of rotatable bonds is 9. The summed E-state index contributed by atoms with van der Waals surface area (Å²) in [6.45, 7) is 25.6. The van der Waals surface area contributed by atoms with Crippen LogP contribution in [0.4, 0.5) is 0 Å². The van der Waals surface area contributed by atoms with Gasteiger partial charge in [-0.2, -0.15) is 20.4 Å². The number of aryl methyl sites for hydroxylation is 4. The molecule has 6 aromatic heterocycles. The Morgan fingerprint density at radius 1 is 0.662 bits per heavy atom. The van der Waals surface area contributed by atoms with E-state index in [1.807, 2.05) is 29.2 Å². The number of carboxylic acid groups (broad SMARTS) is 1. The second-order valence-electron chi connectivity index (χ2n) is 18.3. The Morgan fingerprint density at radius 2 is 1.05 bits per heavy atom. The molecule has 0 fully saturated rings. The maximum Gasteiger partial charge on any atom is 0.338 e. The molecule has 352 valence electrons. The Bertz CT molecular complexity index is 2970. The van der Waals surface area contributed by atoms with Crippen molar-refractivity contribution in [1.82, 2.24) is 53.8 Å². The van der Waals surface area contributed by atoms with Gasteiger partial charge in [-0.25, -0.2) is 50.8 Å². The summed E-state index contributed by atoms with van der Waals surface area (Å²) >= 11 is 12.2. The number of aromatic nitrogens is 10. The normalized spacial score (nSPS) is 12.5. The van der Waals surface area contributed by atoms with Crippen molar-refractivity contribution in [2.24, 2.45) is 19.2 Å². The molecule has 65 heavy (non-hydrogen) atoms. The van der Waals surface area contributed by atoms with Crippen LogP contribution in [0.3, 0.4) is 0 Å². The highest BCUT2D eigenvalue weighted by atomic mass is 35.5. The fourth-order valence-corrected chi connectivity index (χ4v) is 11.3. The Kier molecular flexibility index (Phi) is 15.4. The van der Waals surface area contributed by atoms with Gasteiger partial charge in [0, 0.05) is 49.5 Å². The third-order valence-electron chi connectivity index (χ3n) is 11.6. The first-order valence-electron chi connectivity index (χ1n) is 19.9. The minimum absolute atomic E-state index is 0.0119. The van der Waals surface area contributed by atoms with Crippen molar-refractivity contribution >= 4 is 81.9 Å². The van der Waals surface area contributed by atoms with Gasteiger partial charge in [0.15, 0.2) is 11.6 Å². The lowest BCUT2D eigenvalue weighted by molar-refractivity contribution is 0.0696. The molecule has 0 bridgehead atoms. The summed E-state index contributed by atoms with van der Waals surface area (Å²) in [6.07, 6.45) is 6.36. The number of nitrogens with two attached hydrogens (primary N) is 1. The minimum Gasteiger partial charge on any atom is -0.478 e. The zero-order valence-electron chi connectivity index (χ0n) is 38.8. The van der Waals surface area contributed by atoms with Crippen LogP contribution in [0, 0.1) is 13.8 Å². The lowest BCUT2D eigenvalue weighted by Gasteiger charge is -2.35. The number of hydrogen-bond acceptors (Lipinski definition) is 12. The highest BCUT2D eigenvalue weighted by molar-refractivity contribution is 7.90. The Balaban J connectivity index is 0.000000241. The molecule has 0 unspecified atom stereocenters. The standard InChI is InChI=1S/C20H27ClN6O3SSi.C15H20ClN3O2Si.C5H9N3O2S/c1-13-15(12-26(5)23-13)31(29,30)25-19(28)14-8-9-16(22-18(14)21)27-11-10-17(24-27)32(6,7)20(2,3)4;1-15(2,3)22(4,5)12-8-9-19(18-12)11-7-6-10(14(20)21)13(16)17-11;1-4-5(11(6,9)10)3-8(2)7-4/h8-12H,1-7H3,(H,25,28);6-9H,1-5H3,(H,20,21);3H,1-2H3,(H2,6,9,10). The van der Waals surface area contributed by atoms with Gasteiger partial charge in [0.25, 0.3) is 15.9 Å². The van der Waals surface area contributed by atoms with E-state index in [0.29, 0.717) is 17.3 Å². The maximum absolute atomic E-state index is 12.6. The van der Waals surface area contributed by atoms with Gasteiger partial charge in [0.05, 0.1) is 22.5 Å². The largest absolute Gasteiger partial charge is 0.478 e. The average Bonchev–Trinajstić information content (AvgIpc) is 3.98. The molecule has 0 aliphatic rings. The molecule has 0 spiro atoms. The van der Waals surface area contributed by atoms with Crippen molar-refractivity contribution in [3.63, 3.8) is 0 Å². The van der Waals surface area contributed by atoms with E-state index in [1.54, 1.807) is 49.4 Å². The van der Waals surface area contributed by atoms with Crippen LogP contribution >= 0.6 is 23.2 Å². The number of halogens is 2. The molecule has 6 rings (SSSR count). The van der Waals surface area contributed by atoms with E-state index in [0.717, 1.165) is 10.6 Å². The SMILES string of the molecule is CC(C)(C)[Si](C)(C)c1ccn(-c2ccc(C(=O)O)c(Cl)n2)n1.Cc1nn(C)cc1S(=O)(=O)NC(=O)c1ccc(-n2ccc([Si](C)(C)C(C)(C)C)n2)nc1Cl.Cc1nn(C)cc1S(N)(=O)=O. The number of carbonyl (C=O) groups is 2. The molecule has 0 radical (unpaired) electrons. The van der Waals surface area contributed by atoms with Crippen molar-refractivity contribution in [2.75, 3.05) is 0 Å². The van der Waals surface area contributed by atoms with E-state index in [2.05, 4.69) is 93.0 Å². The van der Waals surface area contributed by atoms with Crippen LogP contribution < -0.4 is 20.5 Å². The van der Waals surface area contributed by atoms with Crippen LogP contribution in [0.1, 0.15) is 73.6 Å². The molecule has 0 aliphatic carbocycles. The summed E-state index contributed by atoms with van der Waals surface area (Å²) in [5, 5.41) is 33.3. The monoisotopic (exact) mass is 1010 g/mol. The minimum atomic E-state index is -4.11. The second-order valence-corrected chi connectivity index (χ2v) is 32.8. The van der Waals surface area contributed by atoms with E-state index in [4.69, 9.17) is 38.5 Å². The molecule has 1 amide bonds. The van der Waals surface area contributed by atoms with E-state index in [1.165, 1.54) is 33.9 Å². The van der Waals surface area contributed by atoms with Crippen LogP contribution in [0.2, 0.25) is 46.6 Å². The zero-order chi connectivity index (χ0) is 49.4. The number of hydrogen-bond donors (Lipinski definition) is 3. The Morgan fingerprint density at radius 3 is 1.35 bits per heavy atom. The summed E-state index contributed by atoms with van der Waals surface area (Å²) < 4.78 is 54.8. The van der Waals surface area contributed by atoms with Crippen LogP contribution in [0.15, 0.2) is 71.0 Å². The van der Waals surface area contributed by atoms with Crippen LogP contribution in [-0.2, 0) is 34.1 Å². The predicted octanol–water partition coefficient (Wildman–Crippen LogP) is 5.51. The number of primary sulfonamides is 1. The number of amides is 1. The van der Waals surface area contributed by atoms with Crippen molar-refractivity contribution in [2.45, 2.75) is 101 Å². The molecule has 25 heteroatoms. The first kappa shape index (κ1) is 52.6. The molecule has 0 saturated heterocycles. The summed E-state index contributed by atoms with van der Waals surface area (Å²) in [5.41, 5.74) is 0.637. The maximum atomic E-state index is 12.6. The molecule has 0 atom stereocenters. The van der Waals surface area contributed by atoms with Crippen molar-refractivity contribution in [1.29, 1.82) is 0 Å². The lowest BCUT2D eigenvalue weighted by Crippen LogP contribution is -2.50. The number of pyridine rings is 2. The molecule has 6 heterocycles. The fourth-order valence-electron chi connectivity index (χ4n) is 5.70. The fraction of sp³-hybridized carbons (Fsp3) is 0.400. The summed E-state index contributed by atoms with van der Waals surface area (Å²) in [5.74, 6) is -1.02. The molecule has 6 aromatic rings. The third-order valence-corrected chi connectivity index (χ3v) is 25.2. The van der Waals surface area contributed by atoms with Crippen molar-refractivity contribution < 1.29 is 31.5 Å². The number of sulfonamides is 2. The van der Waals surface area contributed by atoms with Gasteiger partial charge in [-0.05, 0) is 60.3 Å².